The van der Waals surface area contributed by atoms with Crippen LogP contribution in [0.25, 0.3) is 0 Å². The minimum atomic E-state index is -0.888. The van der Waals surface area contributed by atoms with Crippen molar-refractivity contribution in [2.24, 2.45) is 0 Å². The summed E-state index contributed by atoms with van der Waals surface area (Å²) < 4.78 is 17.3. The molecular formula is C60H98NO7+. The molecule has 0 aliphatic rings. The van der Waals surface area contributed by atoms with Crippen molar-refractivity contribution in [2.45, 2.75) is 199 Å². The van der Waals surface area contributed by atoms with Crippen LogP contribution in [-0.4, -0.2) is 80.6 Å². The van der Waals surface area contributed by atoms with E-state index in [4.69, 9.17) is 14.2 Å². The van der Waals surface area contributed by atoms with Crippen molar-refractivity contribution in [2.75, 3.05) is 41.0 Å². The van der Waals surface area contributed by atoms with Gasteiger partial charge in [0.1, 0.15) is 6.61 Å². The van der Waals surface area contributed by atoms with Crippen LogP contribution in [0.5, 0.6) is 0 Å². The Morgan fingerprint density at radius 3 is 1.25 bits per heavy atom. The standard InChI is InChI=1S/C60H97NO7/c1-6-8-10-12-14-16-18-20-22-24-26-28-29-31-32-34-36-38-40-42-44-46-48-50-58(62)67-55-56(54-66-53-52-57(60(64)65)61(3,4)5)68-59(63)51-49-47-45-43-41-39-37-35-33-30-27-25-23-21-19-17-15-13-11-9-7-2/h8,10,14-17,20-23,26-28,30-32,35,37,41,43,56-57H,6-7,9,11-13,18-19,24-25,29,33-34,36,38-40,42,44-55H2,1-5H3/p+1/b10-8+,16-14+,17-15+,22-20+,23-21+,28-26+,30-27+,32-31+,37-35+,43-41+. The highest BCUT2D eigenvalue weighted by molar-refractivity contribution is 5.72. The van der Waals surface area contributed by atoms with Crippen LogP contribution in [-0.2, 0) is 28.6 Å². The summed E-state index contributed by atoms with van der Waals surface area (Å²) in [5.74, 6) is -1.55. The molecule has 0 fully saturated rings. The average Bonchev–Trinajstić information content (AvgIpc) is 3.30. The molecule has 2 unspecified atom stereocenters. The predicted molar refractivity (Wildman–Crippen MR) is 289 cm³/mol. The fourth-order valence-corrected chi connectivity index (χ4v) is 7.02. The molecule has 8 nitrogen and oxygen atoms in total. The predicted octanol–water partition coefficient (Wildman–Crippen LogP) is 15.8. The summed E-state index contributed by atoms with van der Waals surface area (Å²) in [4.78, 5) is 37.2. The van der Waals surface area contributed by atoms with Gasteiger partial charge < -0.3 is 23.8 Å². The van der Waals surface area contributed by atoms with Crippen LogP contribution >= 0.6 is 0 Å². The molecule has 0 spiro atoms. The molecule has 1 N–H and O–H groups in total. The maximum Gasteiger partial charge on any atom is 0.362 e. The minimum absolute atomic E-state index is 0.0315. The Morgan fingerprint density at radius 1 is 0.456 bits per heavy atom. The van der Waals surface area contributed by atoms with Crippen LogP contribution in [0, 0.1) is 0 Å². The Labute approximate surface area is 416 Å². The topological polar surface area (TPSA) is 99.1 Å². The van der Waals surface area contributed by atoms with Gasteiger partial charge in [0.05, 0.1) is 34.4 Å². The third-order valence-corrected chi connectivity index (χ3v) is 11.1. The quantitative estimate of drug-likeness (QED) is 0.0281. The molecule has 0 heterocycles. The summed E-state index contributed by atoms with van der Waals surface area (Å²) in [5.41, 5.74) is 0. The number of quaternary nitrogens is 1. The van der Waals surface area contributed by atoms with Crippen LogP contribution in [0.4, 0.5) is 0 Å². The second-order valence-corrected chi connectivity index (χ2v) is 18.4. The molecule has 0 radical (unpaired) electrons. The number of hydrogen-bond acceptors (Lipinski definition) is 6. The fourth-order valence-electron chi connectivity index (χ4n) is 7.02. The molecular weight excluding hydrogens is 847 g/mol. The van der Waals surface area contributed by atoms with Gasteiger partial charge in [-0.25, -0.2) is 4.79 Å². The van der Waals surface area contributed by atoms with E-state index in [1.54, 1.807) is 0 Å². The van der Waals surface area contributed by atoms with Gasteiger partial charge in [0.2, 0.25) is 0 Å². The number of carbonyl (C=O) groups is 3. The lowest BCUT2D eigenvalue weighted by molar-refractivity contribution is -0.887. The highest BCUT2D eigenvalue weighted by Gasteiger charge is 2.31. The molecule has 0 aromatic heterocycles. The largest absolute Gasteiger partial charge is 0.477 e. The molecule has 0 saturated carbocycles. The Morgan fingerprint density at radius 2 is 0.824 bits per heavy atom. The minimum Gasteiger partial charge on any atom is -0.477 e. The number of carboxylic acids is 1. The van der Waals surface area contributed by atoms with Crippen LogP contribution in [0.1, 0.15) is 187 Å². The lowest BCUT2D eigenvalue weighted by atomic mass is 10.1. The van der Waals surface area contributed by atoms with Gasteiger partial charge >= 0.3 is 17.9 Å². The maximum atomic E-state index is 12.8. The Bertz CT molecular complexity index is 1520. The van der Waals surface area contributed by atoms with Gasteiger partial charge in [0.15, 0.2) is 12.1 Å². The van der Waals surface area contributed by atoms with Crippen molar-refractivity contribution < 1.29 is 38.2 Å². The van der Waals surface area contributed by atoms with E-state index in [1.165, 1.54) is 44.9 Å². The lowest BCUT2D eigenvalue weighted by Gasteiger charge is -2.31. The van der Waals surface area contributed by atoms with Crippen molar-refractivity contribution >= 4 is 17.9 Å². The van der Waals surface area contributed by atoms with Crippen LogP contribution < -0.4 is 0 Å². The van der Waals surface area contributed by atoms with Gasteiger partial charge in [-0.2, -0.15) is 0 Å². The summed E-state index contributed by atoms with van der Waals surface area (Å²) in [6, 6.07) is -0.633. The lowest BCUT2D eigenvalue weighted by Crippen LogP contribution is -2.50. The maximum absolute atomic E-state index is 12.8. The number of unbranched alkanes of at least 4 members (excludes halogenated alkanes) is 12. The molecule has 2 atom stereocenters. The number of hydrogen-bond donors (Lipinski definition) is 1. The molecule has 384 valence electrons. The number of carbonyl (C=O) groups excluding carboxylic acids is 2. The molecule has 0 saturated heterocycles. The van der Waals surface area contributed by atoms with E-state index in [0.29, 0.717) is 19.3 Å². The van der Waals surface area contributed by atoms with E-state index in [-0.39, 0.29) is 42.7 Å². The molecule has 0 aromatic rings. The highest BCUT2D eigenvalue weighted by Crippen LogP contribution is 2.13. The van der Waals surface area contributed by atoms with Crippen LogP contribution in [0.15, 0.2) is 122 Å². The zero-order chi connectivity index (χ0) is 49.9. The van der Waals surface area contributed by atoms with E-state index in [0.717, 1.165) is 103 Å². The normalized spacial score (nSPS) is 13.8. The van der Waals surface area contributed by atoms with Crippen LogP contribution in [0.3, 0.4) is 0 Å². The molecule has 0 aromatic carbocycles. The van der Waals surface area contributed by atoms with E-state index in [9.17, 15) is 19.5 Å². The summed E-state index contributed by atoms with van der Waals surface area (Å²) in [6.07, 6.45) is 69.6. The van der Waals surface area contributed by atoms with Gasteiger partial charge in [-0.05, 0) is 109 Å². The molecule has 0 aliphatic heterocycles. The number of nitrogens with zero attached hydrogens (tertiary/aromatic N) is 1. The highest BCUT2D eigenvalue weighted by atomic mass is 16.6. The number of rotatable bonds is 46. The van der Waals surface area contributed by atoms with Crippen molar-refractivity contribution in [3.05, 3.63) is 122 Å². The smallest absolute Gasteiger partial charge is 0.362 e. The summed E-state index contributed by atoms with van der Waals surface area (Å²) in [6.45, 7) is 4.52. The number of aliphatic carboxylic acids is 1. The van der Waals surface area contributed by atoms with E-state index >= 15 is 0 Å². The van der Waals surface area contributed by atoms with E-state index < -0.39 is 18.1 Å². The number of carboxylic acid groups (broad SMARTS) is 1. The number of esters is 2. The summed E-state index contributed by atoms with van der Waals surface area (Å²) in [7, 11) is 5.50. The molecule has 0 bridgehead atoms. The van der Waals surface area contributed by atoms with E-state index in [2.05, 4.69) is 135 Å². The van der Waals surface area contributed by atoms with Gasteiger partial charge in [-0.1, -0.05) is 180 Å². The van der Waals surface area contributed by atoms with Crippen LogP contribution in [0.2, 0.25) is 0 Å². The van der Waals surface area contributed by atoms with Crippen molar-refractivity contribution in [3.8, 4) is 0 Å². The third kappa shape index (κ3) is 46.8. The molecule has 68 heavy (non-hydrogen) atoms. The second-order valence-electron chi connectivity index (χ2n) is 18.4. The van der Waals surface area contributed by atoms with Gasteiger partial charge in [-0.15, -0.1) is 0 Å². The van der Waals surface area contributed by atoms with Gasteiger partial charge in [-0.3, -0.25) is 9.59 Å². The molecule has 0 amide bonds. The first-order valence-corrected chi connectivity index (χ1v) is 26.6. The Balaban J connectivity index is 4.37. The number of allylic oxidation sites excluding steroid dienone is 20. The monoisotopic (exact) mass is 945 g/mol. The first kappa shape index (κ1) is 63.7. The van der Waals surface area contributed by atoms with Crippen molar-refractivity contribution in [1.82, 2.24) is 0 Å². The fraction of sp³-hybridized carbons (Fsp3) is 0.617. The SMILES string of the molecule is CC/C=C/C/C=C/C/C=C/C/C=C/C/C=C/CCCCCCCCCC(=O)OCC(COCCC(C(=O)O)[N+](C)(C)C)OC(=O)CCCC/C=C/C/C=C/C/C=C/C/C=C/C/C=C/CCCCC. The second kappa shape index (κ2) is 49.2. The molecule has 8 heteroatoms. The summed E-state index contributed by atoms with van der Waals surface area (Å²) >= 11 is 0. The van der Waals surface area contributed by atoms with Gasteiger partial charge in [0, 0.05) is 19.3 Å². The van der Waals surface area contributed by atoms with Gasteiger partial charge in [0.25, 0.3) is 0 Å². The first-order valence-electron chi connectivity index (χ1n) is 26.6. The first-order chi connectivity index (χ1) is 33.1. The van der Waals surface area contributed by atoms with E-state index in [1.807, 2.05) is 21.1 Å². The summed E-state index contributed by atoms with van der Waals surface area (Å²) in [5, 5.41) is 9.66. The van der Waals surface area contributed by atoms with Crippen molar-refractivity contribution in [3.63, 3.8) is 0 Å². The molecule has 0 aliphatic carbocycles. The Kier molecular flexibility index (Phi) is 46.1. The zero-order valence-electron chi connectivity index (χ0n) is 43.8. The van der Waals surface area contributed by atoms with Crippen molar-refractivity contribution in [1.29, 1.82) is 0 Å². The number of likely N-dealkylation sites (N-methyl/N-ethyl adjacent to an activating group) is 1. The average molecular weight is 945 g/mol. The number of ether oxygens (including phenoxy) is 3. The third-order valence-electron chi connectivity index (χ3n) is 11.1. The zero-order valence-corrected chi connectivity index (χ0v) is 43.8. The molecule has 0 rings (SSSR count). The Hall–Kier alpha value is -4.27.